The first-order chi connectivity index (χ1) is 17.9. The molecule has 2 aromatic heterocycles. The monoisotopic (exact) mass is 544 g/mol. The topological polar surface area (TPSA) is 139 Å². The minimum Gasteiger partial charge on any atom is -0.465 e. The van der Waals surface area contributed by atoms with Gasteiger partial charge in [-0.25, -0.2) is 9.78 Å². The summed E-state index contributed by atoms with van der Waals surface area (Å²) in [6, 6.07) is 6.87. The number of aromatic amines is 1. The highest BCUT2D eigenvalue weighted by atomic mass is 35.5. The van der Waals surface area contributed by atoms with Crippen molar-refractivity contribution in [2.75, 3.05) is 19.6 Å². The van der Waals surface area contributed by atoms with Gasteiger partial charge in [0.2, 0.25) is 0 Å². The average molecular weight is 545 g/mol. The number of carbonyl (C=O) groups excluding carboxylic acids is 2. The SMILES string of the molecule is O=C(O)NCCN1CCc2nc(C(=O)N[C@@H]3CCCC[C@@H]3NC(=O)c3cc4cc(Cl)ccc4[nH]3)sc2C1. The second-order valence-electron chi connectivity index (χ2n) is 9.51. The van der Waals surface area contributed by atoms with E-state index in [9.17, 15) is 14.4 Å². The standard InChI is InChI=1S/C25H29ClN6O4S/c26-15-5-6-16-14(11-15)12-20(28-16)22(33)29-17-3-1-2-4-18(17)30-23(34)24-31-19-7-9-32(13-21(19)37-24)10-8-27-25(35)36/h5-6,11-12,17-18,27-28H,1-4,7-10,13H2,(H,29,33)(H,30,34)(H,35,36)/t17-,18+/m0/s1. The maximum Gasteiger partial charge on any atom is 0.404 e. The molecule has 0 spiro atoms. The third-order valence-electron chi connectivity index (χ3n) is 6.94. The molecule has 1 fully saturated rings. The van der Waals surface area contributed by atoms with Crippen molar-refractivity contribution in [3.63, 3.8) is 0 Å². The fourth-order valence-corrected chi connectivity index (χ4v) is 6.27. The van der Waals surface area contributed by atoms with Gasteiger partial charge in [-0.1, -0.05) is 24.4 Å². The summed E-state index contributed by atoms with van der Waals surface area (Å²) in [4.78, 5) is 47.7. The van der Waals surface area contributed by atoms with Crippen molar-refractivity contribution >= 4 is 51.7 Å². The minimum absolute atomic E-state index is 0.174. The zero-order chi connectivity index (χ0) is 25.9. The molecule has 2 atom stereocenters. The van der Waals surface area contributed by atoms with Crippen molar-refractivity contribution in [1.82, 2.24) is 30.8 Å². The molecule has 3 aromatic rings. The van der Waals surface area contributed by atoms with E-state index in [1.807, 2.05) is 12.1 Å². The van der Waals surface area contributed by atoms with E-state index in [2.05, 4.69) is 30.8 Å². The van der Waals surface area contributed by atoms with Crippen molar-refractivity contribution in [2.24, 2.45) is 0 Å². The van der Waals surface area contributed by atoms with Crippen molar-refractivity contribution in [1.29, 1.82) is 0 Å². The fraction of sp³-hybridized carbons (Fsp3) is 0.440. The van der Waals surface area contributed by atoms with E-state index >= 15 is 0 Å². The lowest BCUT2D eigenvalue weighted by molar-refractivity contribution is 0.0860. The van der Waals surface area contributed by atoms with Crippen LogP contribution >= 0.6 is 22.9 Å². The number of halogens is 1. The van der Waals surface area contributed by atoms with Crippen LogP contribution in [0.5, 0.6) is 0 Å². The first-order valence-electron chi connectivity index (χ1n) is 12.4. The summed E-state index contributed by atoms with van der Waals surface area (Å²) >= 11 is 7.46. The molecule has 12 heteroatoms. The molecule has 1 aliphatic carbocycles. The number of thiazole rings is 1. The second kappa shape index (κ2) is 11.1. The number of nitrogens with zero attached hydrogens (tertiary/aromatic N) is 2. The molecule has 10 nitrogen and oxygen atoms in total. The number of hydrogen-bond acceptors (Lipinski definition) is 6. The Bertz CT molecular complexity index is 1320. The Kier molecular flexibility index (Phi) is 7.63. The van der Waals surface area contributed by atoms with Gasteiger partial charge in [-0.15, -0.1) is 11.3 Å². The predicted octanol–water partition coefficient (Wildman–Crippen LogP) is 3.37. The van der Waals surface area contributed by atoms with Gasteiger partial charge in [0, 0.05) is 65.5 Å². The molecule has 0 bridgehead atoms. The molecule has 3 heterocycles. The summed E-state index contributed by atoms with van der Waals surface area (Å²) in [6.45, 7) is 2.39. The van der Waals surface area contributed by atoms with Crippen molar-refractivity contribution in [3.05, 3.63) is 50.6 Å². The molecular weight excluding hydrogens is 516 g/mol. The molecule has 0 saturated heterocycles. The summed E-state index contributed by atoms with van der Waals surface area (Å²) in [6.07, 6.45) is 3.24. The summed E-state index contributed by atoms with van der Waals surface area (Å²) in [5.74, 6) is -0.425. The van der Waals surface area contributed by atoms with Gasteiger partial charge < -0.3 is 26.0 Å². The summed E-state index contributed by atoms with van der Waals surface area (Å²) < 4.78 is 0. The number of carbonyl (C=O) groups is 3. The lowest BCUT2D eigenvalue weighted by Gasteiger charge is -2.32. The van der Waals surface area contributed by atoms with E-state index in [1.165, 1.54) is 11.3 Å². The second-order valence-corrected chi connectivity index (χ2v) is 11.0. The lowest BCUT2D eigenvalue weighted by atomic mass is 9.90. The van der Waals surface area contributed by atoms with Crippen LogP contribution in [-0.4, -0.2) is 69.6 Å². The van der Waals surface area contributed by atoms with E-state index in [-0.39, 0.29) is 23.9 Å². The molecule has 196 valence electrons. The Hall–Kier alpha value is -3.15. The van der Waals surface area contributed by atoms with Crippen LogP contribution in [0.1, 0.15) is 56.5 Å². The molecule has 5 N–H and O–H groups in total. The average Bonchev–Trinajstić information content (AvgIpc) is 3.49. The van der Waals surface area contributed by atoms with Gasteiger partial charge in [0.15, 0.2) is 5.01 Å². The van der Waals surface area contributed by atoms with Crippen molar-refractivity contribution in [2.45, 2.75) is 50.7 Å². The number of carboxylic acid groups (broad SMARTS) is 1. The van der Waals surface area contributed by atoms with E-state index in [0.717, 1.165) is 60.1 Å². The summed E-state index contributed by atoms with van der Waals surface area (Å²) in [5.41, 5.74) is 2.24. The predicted molar refractivity (Wildman–Crippen MR) is 141 cm³/mol. The van der Waals surface area contributed by atoms with Crippen LogP contribution in [0.15, 0.2) is 24.3 Å². The molecule has 3 amide bonds. The molecule has 1 aliphatic heterocycles. The van der Waals surface area contributed by atoms with Crippen LogP contribution in [0, 0.1) is 0 Å². The Morgan fingerprint density at radius 3 is 2.65 bits per heavy atom. The quantitative estimate of drug-likeness (QED) is 0.309. The zero-order valence-corrected chi connectivity index (χ0v) is 21.8. The molecule has 0 radical (unpaired) electrons. The van der Waals surface area contributed by atoms with Gasteiger partial charge in [-0.3, -0.25) is 14.5 Å². The van der Waals surface area contributed by atoms with Crippen LogP contribution in [0.25, 0.3) is 10.9 Å². The highest BCUT2D eigenvalue weighted by Crippen LogP contribution is 2.26. The van der Waals surface area contributed by atoms with Crippen molar-refractivity contribution in [3.8, 4) is 0 Å². The third kappa shape index (κ3) is 6.06. The van der Waals surface area contributed by atoms with E-state index < -0.39 is 6.09 Å². The van der Waals surface area contributed by atoms with Crippen LogP contribution in [0.4, 0.5) is 4.79 Å². The number of fused-ring (bicyclic) bond motifs is 2. The van der Waals surface area contributed by atoms with Gasteiger partial charge in [-0.2, -0.15) is 0 Å². The lowest BCUT2D eigenvalue weighted by Crippen LogP contribution is -2.53. The number of benzene rings is 1. The van der Waals surface area contributed by atoms with Crippen LogP contribution in [0.3, 0.4) is 0 Å². The van der Waals surface area contributed by atoms with Crippen LogP contribution in [-0.2, 0) is 13.0 Å². The molecule has 1 saturated carbocycles. The smallest absolute Gasteiger partial charge is 0.404 e. The van der Waals surface area contributed by atoms with Gasteiger partial charge in [0.05, 0.1) is 5.69 Å². The maximum atomic E-state index is 13.1. The molecule has 2 aliphatic rings. The van der Waals surface area contributed by atoms with E-state index in [4.69, 9.17) is 16.7 Å². The Morgan fingerprint density at radius 1 is 1.14 bits per heavy atom. The van der Waals surface area contributed by atoms with Gasteiger partial charge in [-0.05, 0) is 37.1 Å². The number of H-pyrrole nitrogens is 1. The number of rotatable bonds is 7. The summed E-state index contributed by atoms with van der Waals surface area (Å²) in [7, 11) is 0. The zero-order valence-electron chi connectivity index (χ0n) is 20.2. The van der Waals surface area contributed by atoms with Gasteiger partial charge in [0.1, 0.15) is 5.69 Å². The number of aromatic nitrogens is 2. The molecular formula is C25H29ClN6O4S. The number of nitrogens with one attached hydrogen (secondary N) is 4. The number of hydrogen-bond donors (Lipinski definition) is 5. The summed E-state index contributed by atoms with van der Waals surface area (Å²) in [5, 5.41) is 19.3. The van der Waals surface area contributed by atoms with Gasteiger partial charge in [0.25, 0.3) is 11.8 Å². The first-order valence-corrected chi connectivity index (χ1v) is 13.6. The highest BCUT2D eigenvalue weighted by Gasteiger charge is 2.30. The molecule has 37 heavy (non-hydrogen) atoms. The normalized spacial score (nSPS) is 19.8. The Balaban J connectivity index is 1.20. The molecule has 0 unspecified atom stereocenters. The van der Waals surface area contributed by atoms with Crippen LogP contribution in [0.2, 0.25) is 5.02 Å². The van der Waals surface area contributed by atoms with Crippen molar-refractivity contribution < 1.29 is 19.5 Å². The molecule has 5 rings (SSSR count). The fourth-order valence-electron chi connectivity index (χ4n) is 5.04. The molecule has 1 aromatic carbocycles. The van der Waals surface area contributed by atoms with E-state index in [0.29, 0.717) is 35.4 Å². The van der Waals surface area contributed by atoms with Crippen LogP contribution < -0.4 is 16.0 Å². The third-order valence-corrected chi connectivity index (χ3v) is 8.25. The Morgan fingerprint density at radius 2 is 1.89 bits per heavy atom. The Labute approximate surface area is 222 Å². The first kappa shape index (κ1) is 25.5. The maximum absolute atomic E-state index is 13.1. The van der Waals surface area contributed by atoms with E-state index in [1.54, 1.807) is 12.1 Å². The minimum atomic E-state index is -1.03. The number of amides is 3. The highest BCUT2D eigenvalue weighted by molar-refractivity contribution is 7.13. The van der Waals surface area contributed by atoms with Gasteiger partial charge >= 0.3 is 6.09 Å². The largest absolute Gasteiger partial charge is 0.465 e.